The van der Waals surface area contributed by atoms with Gasteiger partial charge in [0.15, 0.2) is 5.96 Å². The van der Waals surface area contributed by atoms with E-state index in [2.05, 4.69) is 36.4 Å². The van der Waals surface area contributed by atoms with Crippen LogP contribution < -0.4 is 10.6 Å². The maximum Gasteiger partial charge on any atom is 0.191 e. The molecule has 2 unspecified atom stereocenters. The molecule has 1 aliphatic rings. The number of halogens is 1. The molecule has 1 saturated carbocycles. The van der Waals surface area contributed by atoms with E-state index in [9.17, 15) is 0 Å². The number of hydrogen-bond donors (Lipinski definition) is 2. The van der Waals surface area contributed by atoms with Gasteiger partial charge in [0.2, 0.25) is 0 Å². The Bertz CT molecular complexity index is 349. The number of hydrogen-bond acceptors (Lipinski definition) is 3. The number of ether oxygens (including phenoxy) is 2. The molecule has 0 heterocycles. The fourth-order valence-electron chi connectivity index (χ4n) is 3.70. The highest BCUT2D eigenvalue weighted by Crippen LogP contribution is 2.48. The van der Waals surface area contributed by atoms with Crippen LogP contribution in [0.2, 0.25) is 0 Å². The second kappa shape index (κ2) is 13.2. The van der Waals surface area contributed by atoms with Crippen LogP contribution in [-0.2, 0) is 9.47 Å². The van der Waals surface area contributed by atoms with Crippen molar-refractivity contribution in [2.24, 2.45) is 10.4 Å². The first-order chi connectivity index (χ1) is 11.2. The first-order valence-electron chi connectivity index (χ1n) is 9.26. The summed E-state index contributed by atoms with van der Waals surface area (Å²) in [5.74, 6) is 0.919. The van der Waals surface area contributed by atoms with Crippen molar-refractivity contribution in [3.63, 3.8) is 0 Å². The van der Waals surface area contributed by atoms with Gasteiger partial charge in [0, 0.05) is 45.4 Å². The summed E-state index contributed by atoms with van der Waals surface area (Å²) in [6.45, 7) is 9.23. The molecular weight excluding hydrogens is 417 g/mol. The molecule has 144 valence electrons. The molecule has 1 rings (SSSR count). The largest absolute Gasteiger partial charge is 0.385 e. The van der Waals surface area contributed by atoms with Crippen molar-refractivity contribution in [2.45, 2.75) is 71.4 Å². The third-order valence-electron chi connectivity index (χ3n) is 5.32. The predicted octanol–water partition coefficient (Wildman–Crippen LogP) is 3.57. The average molecular weight is 455 g/mol. The fourth-order valence-corrected chi connectivity index (χ4v) is 3.70. The summed E-state index contributed by atoms with van der Waals surface area (Å²) >= 11 is 0. The third kappa shape index (κ3) is 6.33. The number of guanidine groups is 1. The van der Waals surface area contributed by atoms with Gasteiger partial charge in [-0.1, -0.05) is 13.8 Å². The lowest BCUT2D eigenvalue weighted by atomic mass is 9.58. The van der Waals surface area contributed by atoms with E-state index in [-0.39, 0.29) is 29.4 Å². The Morgan fingerprint density at radius 3 is 2.42 bits per heavy atom. The molecule has 2 atom stereocenters. The third-order valence-corrected chi connectivity index (χ3v) is 5.32. The van der Waals surface area contributed by atoms with E-state index in [1.165, 1.54) is 6.42 Å². The van der Waals surface area contributed by atoms with Crippen LogP contribution in [0.3, 0.4) is 0 Å². The minimum Gasteiger partial charge on any atom is -0.385 e. The number of rotatable bonds is 11. The van der Waals surface area contributed by atoms with Crippen LogP contribution in [0.1, 0.15) is 59.3 Å². The van der Waals surface area contributed by atoms with Gasteiger partial charge in [-0.25, -0.2) is 0 Å². The lowest BCUT2D eigenvalue weighted by Crippen LogP contribution is -2.65. The molecule has 5 nitrogen and oxygen atoms in total. The Labute approximate surface area is 165 Å². The second-order valence-corrected chi connectivity index (χ2v) is 6.37. The Morgan fingerprint density at radius 1 is 1.17 bits per heavy atom. The Kier molecular flexibility index (Phi) is 13.1. The van der Waals surface area contributed by atoms with Crippen molar-refractivity contribution < 1.29 is 9.47 Å². The van der Waals surface area contributed by atoms with Crippen LogP contribution in [0, 0.1) is 5.41 Å². The first kappa shape index (κ1) is 23.9. The molecule has 6 heteroatoms. The van der Waals surface area contributed by atoms with Crippen LogP contribution in [0.5, 0.6) is 0 Å². The molecule has 0 aliphatic heterocycles. The average Bonchev–Trinajstić information content (AvgIpc) is 2.56. The minimum atomic E-state index is 0. The lowest BCUT2D eigenvalue weighted by Gasteiger charge is -2.55. The van der Waals surface area contributed by atoms with Gasteiger partial charge in [-0.15, -0.1) is 24.0 Å². The normalized spacial score (nSPS) is 22.5. The van der Waals surface area contributed by atoms with Crippen LogP contribution in [0.15, 0.2) is 4.99 Å². The van der Waals surface area contributed by atoms with Gasteiger partial charge in [-0.3, -0.25) is 4.99 Å². The topological polar surface area (TPSA) is 54.9 Å². The van der Waals surface area contributed by atoms with Gasteiger partial charge in [0.05, 0.1) is 6.10 Å². The molecule has 0 aromatic carbocycles. The minimum absolute atomic E-state index is 0. The van der Waals surface area contributed by atoms with E-state index in [0.717, 1.165) is 57.8 Å². The summed E-state index contributed by atoms with van der Waals surface area (Å²) in [6, 6.07) is 0.453. The number of aliphatic imine (C=N–C) groups is 1. The van der Waals surface area contributed by atoms with Crippen molar-refractivity contribution in [1.82, 2.24) is 10.6 Å². The van der Waals surface area contributed by atoms with Gasteiger partial charge < -0.3 is 20.1 Å². The summed E-state index contributed by atoms with van der Waals surface area (Å²) in [5, 5.41) is 7.06. The van der Waals surface area contributed by atoms with Crippen molar-refractivity contribution in [3.8, 4) is 0 Å². The molecule has 1 fully saturated rings. The van der Waals surface area contributed by atoms with Gasteiger partial charge in [-0.2, -0.15) is 0 Å². The van der Waals surface area contributed by atoms with Crippen LogP contribution in [-0.4, -0.2) is 52.0 Å². The van der Waals surface area contributed by atoms with Gasteiger partial charge in [-0.05, 0) is 45.4 Å². The predicted molar refractivity (Wildman–Crippen MR) is 112 cm³/mol. The highest BCUT2D eigenvalue weighted by Gasteiger charge is 2.53. The zero-order chi connectivity index (χ0) is 17.1. The molecule has 0 saturated heterocycles. The Morgan fingerprint density at radius 2 is 1.88 bits per heavy atom. The summed E-state index contributed by atoms with van der Waals surface area (Å²) in [5.41, 5.74) is 0.242. The first-order valence-corrected chi connectivity index (χ1v) is 9.26. The van der Waals surface area contributed by atoms with Crippen LogP contribution in [0.4, 0.5) is 0 Å². The number of nitrogens with zero attached hydrogens (tertiary/aromatic N) is 1. The zero-order valence-corrected chi connectivity index (χ0v) is 18.5. The summed E-state index contributed by atoms with van der Waals surface area (Å²) in [4.78, 5) is 4.38. The standard InChI is InChI=1S/C18H37N3O2.HI/c1-6-18(7-2)15(14-16(18)23-8-3)21-17(19-4)20-12-10-9-11-13-22-5;/h15-16H,6-14H2,1-5H3,(H2,19,20,21);1H. The van der Waals surface area contributed by atoms with Crippen molar-refractivity contribution in [3.05, 3.63) is 0 Å². The zero-order valence-electron chi connectivity index (χ0n) is 16.2. The van der Waals surface area contributed by atoms with Crippen LogP contribution >= 0.6 is 24.0 Å². The molecule has 0 radical (unpaired) electrons. The van der Waals surface area contributed by atoms with E-state index in [1.54, 1.807) is 7.11 Å². The van der Waals surface area contributed by atoms with Gasteiger partial charge in [0.25, 0.3) is 0 Å². The second-order valence-electron chi connectivity index (χ2n) is 6.37. The number of nitrogens with one attached hydrogen (secondary N) is 2. The highest BCUT2D eigenvalue weighted by molar-refractivity contribution is 14.0. The highest BCUT2D eigenvalue weighted by atomic mass is 127. The van der Waals surface area contributed by atoms with Crippen molar-refractivity contribution >= 4 is 29.9 Å². The molecule has 0 aromatic heterocycles. The molecule has 1 aliphatic carbocycles. The fraction of sp³-hybridized carbons (Fsp3) is 0.944. The number of methoxy groups -OCH3 is 1. The molecular formula is C18H38IN3O2. The van der Waals surface area contributed by atoms with E-state index in [1.807, 2.05) is 7.05 Å². The van der Waals surface area contributed by atoms with E-state index < -0.39 is 0 Å². The Hall–Kier alpha value is -0.0800. The molecule has 0 aromatic rings. The smallest absolute Gasteiger partial charge is 0.191 e. The summed E-state index contributed by atoms with van der Waals surface area (Å²) < 4.78 is 11.0. The number of unbranched alkanes of at least 4 members (excludes halogenated alkanes) is 2. The molecule has 0 amide bonds. The van der Waals surface area contributed by atoms with Gasteiger partial charge >= 0.3 is 0 Å². The van der Waals surface area contributed by atoms with Crippen molar-refractivity contribution in [1.29, 1.82) is 0 Å². The van der Waals surface area contributed by atoms with Crippen molar-refractivity contribution in [2.75, 3.05) is 33.9 Å². The molecule has 2 N–H and O–H groups in total. The Balaban J connectivity index is 0.00000529. The summed E-state index contributed by atoms with van der Waals surface area (Å²) in [6.07, 6.45) is 7.18. The van der Waals surface area contributed by atoms with E-state index in [0.29, 0.717) is 12.1 Å². The molecule has 0 spiro atoms. The molecule has 0 bridgehead atoms. The lowest BCUT2D eigenvalue weighted by molar-refractivity contribution is -0.133. The SMILES string of the molecule is CCOC1CC(NC(=NC)NCCCCCOC)C1(CC)CC.I. The van der Waals surface area contributed by atoms with Crippen LogP contribution in [0.25, 0.3) is 0 Å². The maximum absolute atomic E-state index is 5.94. The maximum atomic E-state index is 5.94. The monoisotopic (exact) mass is 455 g/mol. The van der Waals surface area contributed by atoms with E-state index in [4.69, 9.17) is 9.47 Å². The quantitative estimate of drug-likeness (QED) is 0.217. The summed E-state index contributed by atoms with van der Waals surface area (Å²) in [7, 11) is 3.60. The van der Waals surface area contributed by atoms with E-state index >= 15 is 0 Å². The van der Waals surface area contributed by atoms with Gasteiger partial charge in [0.1, 0.15) is 0 Å². The molecule has 24 heavy (non-hydrogen) atoms.